The summed E-state index contributed by atoms with van der Waals surface area (Å²) in [5.41, 5.74) is 0.671. The van der Waals surface area contributed by atoms with Gasteiger partial charge in [-0.25, -0.2) is 0 Å². The molecule has 0 amide bonds. The van der Waals surface area contributed by atoms with E-state index in [1.165, 1.54) is 0 Å². The number of hydrogen-bond donors (Lipinski definition) is 1. The van der Waals surface area contributed by atoms with Crippen molar-refractivity contribution in [2.24, 2.45) is 0 Å². The van der Waals surface area contributed by atoms with Crippen LogP contribution in [0.4, 0.5) is 0 Å². The average Bonchev–Trinajstić information content (AvgIpc) is 2.20. The molecule has 0 aliphatic carbocycles. The number of methoxy groups -OCH3 is 1. The summed E-state index contributed by atoms with van der Waals surface area (Å²) >= 11 is 5.94. The highest BCUT2D eigenvalue weighted by Crippen LogP contribution is 2.24. The van der Waals surface area contributed by atoms with Gasteiger partial charge >= 0.3 is 0 Å². The minimum atomic E-state index is 0.0553. The van der Waals surface area contributed by atoms with Gasteiger partial charge in [0.1, 0.15) is 5.75 Å². The van der Waals surface area contributed by atoms with Gasteiger partial charge in [0.15, 0.2) is 0 Å². The normalized spacial score (nSPS) is 9.07. The van der Waals surface area contributed by atoms with E-state index in [4.69, 9.17) is 21.4 Å². The first kappa shape index (κ1) is 10.9. The first-order chi connectivity index (χ1) is 6.79. The van der Waals surface area contributed by atoms with E-state index in [9.17, 15) is 0 Å². The second-order valence-electron chi connectivity index (χ2n) is 2.59. The van der Waals surface area contributed by atoms with Crippen molar-refractivity contribution >= 4 is 11.6 Å². The Bertz CT molecular complexity index is 363. The second-order valence-corrected chi connectivity index (χ2v) is 3.00. The van der Waals surface area contributed by atoms with Crippen LogP contribution in [-0.2, 0) is 0 Å². The monoisotopic (exact) mass is 210 g/mol. The lowest BCUT2D eigenvalue weighted by atomic mass is 10.2. The molecule has 14 heavy (non-hydrogen) atoms. The number of benzene rings is 1. The van der Waals surface area contributed by atoms with Gasteiger partial charge in [0.25, 0.3) is 0 Å². The van der Waals surface area contributed by atoms with E-state index in [0.29, 0.717) is 22.8 Å². The maximum Gasteiger partial charge on any atom is 0.135 e. The summed E-state index contributed by atoms with van der Waals surface area (Å²) in [6.07, 6.45) is 0.439. The van der Waals surface area contributed by atoms with E-state index >= 15 is 0 Å². The van der Waals surface area contributed by atoms with Gasteiger partial charge in [0, 0.05) is 6.42 Å². The van der Waals surface area contributed by atoms with Crippen molar-refractivity contribution < 1.29 is 9.84 Å². The molecule has 0 heterocycles. The summed E-state index contributed by atoms with van der Waals surface area (Å²) in [5.74, 6) is 6.32. The fourth-order valence-corrected chi connectivity index (χ4v) is 1.22. The molecule has 0 spiro atoms. The van der Waals surface area contributed by atoms with Crippen molar-refractivity contribution in [2.45, 2.75) is 6.42 Å². The molecule has 0 aliphatic rings. The maximum absolute atomic E-state index is 8.57. The summed E-state index contributed by atoms with van der Waals surface area (Å²) in [4.78, 5) is 0. The highest BCUT2D eigenvalue weighted by molar-refractivity contribution is 6.32. The quantitative estimate of drug-likeness (QED) is 0.758. The van der Waals surface area contributed by atoms with Gasteiger partial charge in [-0.2, -0.15) is 0 Å². The van der Waals surface area contributed by atoms with E-state index in [0.717, 1.165) is 0 Å². The number of ether oxygens (including phenoxy) is 1. The second kappa shape index (κ2) is 5.54. The van der Waals surface area contributed by atoms with E-state index in [1.54, 1.807) is 25.3 Å². The van der Waals surface area contributed by atoms with Gasteiger partial charge in [-0.1, -0.05) is 29.5 Å². The molecule has 0 saturated carbocycles. The molecule has 1 N–H and O–H groups in total. The summed E-state index contributed by atoms with van der Waals surface area (Å²) in [7, 11) is 1.57. The molecule has 1 rings (SSSR count). The van der Waals surface area contributed by atoms with Crippen LogP contribution in [0.25, 0.3) is 0 Å². The third-order valence-corrected chi connectivity index (χ3v) is 1.96. The molecule has 0 aromatic heterocycles. The summed E-state index contributed by atoms with van der Waals surface area (Å²) in [5, 5.41) is 9.14. The van der Waals surface area contributed by atoms with Crippen LogP contribution in [0, 0.1) is 11.8 Å². The lowest BCUT2D eigenvalue weighted by molar-refractivity contribution is 0.305. The number of rotatable bonds is 2. The van der Waals surface area contributed by atoms with Gasteiger partial charge in [-0.05, 0) is 12.1 Å². The zero-order chi connectivity index (χ0) is 10.4. The summed E-state index contributed by atoms with van der Waals surface area (Å²) in [6.45, 7) is 0.0553. The van der Waals surface area contributed by atoms with Crippen molar-refractivity contribution in [3.8, 4) is 17.6 Å². The summed E-state index contributed by atoms with van der Waals surface area (Å²) in [6, 6.07) is 5.36. The first-order valence-corrected chi connectivity index (χ1v) is 4.59. The molecule has 2 nitrogen and oxygen atoms in total. The number of aliphatic hydroxyl groups excluding tert-OH is 1. The van der Waals surface area contributed by atoms with Gasteiger partial charge in [0.05, 0.1) is 24.3 Å². The maximum atomic E-state index is 8.57. The number of aliphatic hydroxyl groups is 1. The van der Waals surface area contributed by atoms with Gasteiger partial charge in [-0.3, -0.25) is 0 Å². The van der Waals surface area contributed by atoms with Crippen LogP contribution in [0.1, 0.15) is 12.0 Å². The van der Waals surface area contributed by atoms with Crippen molar-refractivity contribution in [2.75, 3.05) is 13.7 Å². The van der Waals surface area contributed by atoms with Gasteiger partial charge < -0.3 is 9.84 Å². The number of hydrogen-bond acceptors (Lipinski definition) is 2. The fraction of sp³-hybridized carbons (Fsp3) is 0.273. The molecular weight excluding hydrogens is 200 g/mol. The van der Waals surface area contributed by atoms with Gasteiger partial charge in [-0.15, -0.1) is 0 Å². The SMILES string of the molecule is COc1cccc(Cl)c1C#CCCO. The molecule has 1 aromatic carbocycles. The average molecular weight is 211 g/mol. The third kappa shape index (κ3) is 2.66. The third-order valence-electron chi connectivity index (χ3n) is 1.65. The zero-order valence-corrected chi connectivity index (χ0v) is 8.64. The van der Waals surface area contributed by atoms with E-state index in [-0.39, 0.29) is 6.61 Å². The molecule has 0 bridgehead atoms. The van der Waals surface area contributed by atoms with E-state index < -0.39 is 0 Å². The lowest BCUT2D eigenvalue weighted by Gasteiger charge is -2.03. The predicted octanol–water partition coefficient (Wildman–Crippen LogP) is 2.08. The Kier molecular flexibility index (Phi) is 4.31. The fourth-order valence-electron chi connectivity index (χ4n) is 1.00. The lowest BCUT2D eigenvalue weighted by Crippen LogP contribution is -1.88. The first-order valence-electron chi connectivity index (χ1n) is 4.22. The van der Waals surface area contributed by atoms with E-state index in [2.05, 4.69) is 11.8 Å². The van der Waals surface area contributed by atoms with Crippen LogP contribution in [0.5, 0.6) is 5.75 Å². The summed E-state index contributed by atoms with van der Waals surface area (Å²) < 4.78 is 5.11. The van der Waals surface area contributed by atoms with Crippen LogP contribution in [0.15, 0.2) is 18.2 Å². The molecule has 3 heteroatoms. The standard InChI is InChI=1S/C11H11ClO2/c1-14-11-7-4-6-10(12)9(11)5-2-3-8-13/h4,6-7,13H,3,8H2,1H3. The largest absolute Gasteiger partial charge is 0.495 e. The van der Waals surface area contributed by atoms with Crippen LogP contribution in [0.3, 0.4) is 0 Å². The Morgan fingerprint density at radius 1 is 1.50 bits per heavy atom. The van der Waals surface area contributed by atoms with Crippen LogP contribution >= 0.6 is 11.6 Å². The van der Waals surface area contributed by atoms with Crippen LogP contribution in [0.2, 0.25) is 5.02 Å². The molecular formula is C11H11ClO2. The molecule has 0 radical (unpaired) electrons. The Labute approximate surface area is 88.5 Å². The molecule has 0 aliphatic heterocycles. The highest BCUT2D eigenvalue weighted by atomic mass is 35.5. The van der Waals surface area contributed by atoms with Crippen molar-refractivity contribution in [1.29, 1.82) is 0 Å². The van der Waals surface area contributed by atoms with Crippen molar-refractivity contribution in [1.82, 2.24) is 0 Å². The highest BCUT2D eigenvalue weighted by Gasteiger charge is 2.03. The smallest absolute Gasteiger partial charge is 0.135 e. The Morgan fingerprint density at radius 2 is 2.29 bits per heavy atom. The minimum absolute atomic E-state index is 0.0553. The molecule has 0 unspecified atom stereocenters. The molecule has 74 valence electrons. The minimum Gasteiger partial charge on any atom is -0.495 e. The topological polar surface area (TPSA) is 29.5 Å². The van der Waals surface area contributed by atoms with Crippen molar-refractivity contribution in [3.05, 3.63) is 28.8 Å². The zero-order valence-electron chi connectivity index (χ0n) is 7.88. The molecule has 0 saturated heterocycles. The van der Waals surface area contributed by atoms with Gasteiger partial charge in [0.2, 0.25) is 0 Å². The van der Waals surface area contributed by atoms with Crippen molar-refractivity contribution in [3.63, 3.8) is 0 Å². The predicted molar refractivity (Wildman–Crippen MR) is 56.6 cm³/mol. The Hall–Kier alpha value is -1.17. The molecule has 0 atom stereocenters. The Balaban J connectivity index is 3.00. The number of halogens is 1. The molecule has 1 aromatic rings. The molecule has 0 fully saturated rings. The Morgan fingerprint density at radius 3 is 2.93 bits per heavy atom. The van der Waals surface area contributed by atoms with E-state index in [1.807, 2.05) is 0 Å². The van der Waals surface area contributed by atoms with Crippen LogP contribution < -0.4 is 4.74 Å². The van der Waals surface area contributed by atoms with Crippen LogP contribution in [-0.4, -0.2) is 18.8 Å².